The van der Waals surface area contributed by atoms with Crippen molar-refractivity contribution in [3.63, 3.8) is 0 Å². The van der Waals surface area contributed by atoms with E-state index in [1.54, 1.807) is 6.07 Å². The van der Waals surface area contributed by atoms with Crippen molar-refractivity contribution in [2.45, 2.75) is 24.9 Å². The average Bonchev–Trinajstić information content (AvgIpc) is 2.23. The normalized spacial score (nSPS) is 25.3. The SMILES string of the molecule is NC1CCC(=O)NC1c1c(F)cccc1Cl. The summed E-state index contributed by atoms with van der Waals surface area (Å²) in [5, 5.41) is 2.97. The molecule has 2 atom stereocenters. The third-order valence-corrected chi connectivity index (χ3v) is 3.09. The molecule has 1 aliphatic heterocycles. The van der Waals surface area contributed by atoms with Gasteiger partial charge in [-0.3, -0.25) is 4.79 Å². The van der Waals surface area contributed by atoms with E-state index < -0.39 is 11.9 Å². The largest absolute Gasteiger partial charge is 0.348 e. The van der Waals surface area contributed by atoms with Crippen molar-refractivity contribution in [1.82, 2.24) is 5.32 Å². The molecule has 3 nitrogen and oxygen atoms in total. The summed E-state index contributed by atoms with van der Waals surface area (Å²) in [7, 11) is 0. The molecule has 1 aliphatic rings. The lowest BCUT2D eigenvalue weighted by atomic mass is 9.92. The van der Waals surface area contributed by atoms with Crippen LogP contribution >= 0.6 is 11.6 Å². The molecule has 0 bridgehead atoms. The minimum absolute atomic E-state index is 0.119. The zero-order chi connectivity index (χ0) is 11.7. The molecule has 0 spiro atoms. The van der Waals surface area contributed by atoms with Crippen molar-refractivity contribution in [2.75, 3.05) is 0 Å². The van der Waals surface area contributed by atoms with Crippen LogP contribution in [0.4, 0.5) is 4.39 Å². The first-order valence-electron chi connectivity index (χ1n) is 5.08. The Labute approximate surface area is 97.8 Å². The number of carbonyl (C=O) groups excluding carboxylic acids is 1. The molecule has 16 heavy (non-hydrogen) atoms. The number of benzene rings is 1. The van der Waals surface area contributed by atoms with Crippen LogP contribution in [0.5, 0.6) is 0 Å². The maximum Gasteiger partial charge on any atom is 0.220 e. The molecule has 2 rings (SSSR count). The molecule has 0 aromatic heterocycles. The number of nitrogens with two attached hydrogens (primary N) is 1. The summed E-state index contributed by atoms with van der Waals surface area (Å²) in [6, 6.07) is 3.60. The fourth-order valence-electron chi connectivity index (χ4n) is 1.91. The first kappa shape index (κ1) is 11.4. The highest BCUT2D eigenvalue weighted by atomic mass is 35.5. The van der Waals surface area contributed by atoms with Crippen LogP contribution in [-0.2, 0) is 4.79 Å². The van der Waals surface area contributed by atoms with Gasteiger partial charge in [-0.2, -0.15) is 0 Å². The molecule has 0 radical (unpaired) electrons. The molecule has 1 aromatic carbocycles. The summed E-state index contributed by atoms with van der Waals surface area (Å²) in [4.78, 5) is 11.3. The van der Waals surface area contributed by atoms with E-state index in [0.717, 1.165) is 0 Å². The van der Waals surface area contributed by atoms with Gasteiger partial charge in [0.2, 0.25) is 5.91 Å². The van der Waals surface area contributed by atoms with Crippen LogP contribution in [0.3, 0.4) is 0 Å². The van der Waals surface area contributed by atoms with Gasteiger partial charge in [-0.1, -0.05) is 17.7 Å². The molecule has 86 valence electrons. The van der Waals surface area contributed by atoms with E-state index in [0.29, 0.717) is 17.9 Å². The lowest BCUT2D eigenvalue weighted by Gasteiger charge is -2.30. The number of rotatable bonds is 1. The second-order valence-electron chi connectivity index (χ2n) is 3.88. The quantitative estimate of drug-likeness (QED) is 0.789. The Morgan fingerprint density at radius 2 is 2.25 bits per heavy atom. The first-order chi connectivity index (χ1) is 7.59. The zero-order valence-corrected chi connectivity index (χ0v) is 9.30. The van der Waals surface area contributed by atoms with Crippen LogP contribution < -0.4 is 11.1 Å². The fraction of sp³-hybridized carbons (Fsp3) is 0.364. The van der Waals surface area contributed by atoms with E-state index in [4.69, 9.17) is 17.3 Å². The molecule has 2 unspecified atom stereocenters. The maximum absolute atomic E-state index is 13.6. The van der Waals surface area contributed by atoms with E-state index >= 15 is 0 Å². The van der Waals surface area contributed by atoms with Crippen molar-refractivity contribution >= 4 is 17.5 Å². The van der Waals surface area contributed by atoms with Crippen LogP contribution in [0.2, 0.25) is 5.02 Å². The Hall–Kier alpha value is -1.13. The molecule has 1 heterocycles. The zero-order valence-electron chi connectivity index (χ0n) is 8.54. The molecule has 0 aliphatic carbocycles. The number of hydrogen-bond acceptors (Lipinski definition) is 2. The predicted molar refractivity (Wildman–Crippen MR) is 59.5 cm³/mol. The van der Waals surface area contributed by atoms with Crippen molar-refractivity contribution < 1.29 is 9.18 Å². The summed E-state index contributed by atoms with van der Waals surface area (Å²) in [5.74, 6) is -0.554. The van der Waals surface area contributed by atoms with Gasteiger partial charge in [0, 0.05) is 23.0 Å². The lowest BCUT2D eigenvalue weighted by molar-refractivity contribution is -0.123. The third-order valence-electron chi connectivity index (χ3n) is 2.76. The second kappa shape index (κ2) is 4.39. The minimum atomic E-state index is -0.532. The van der Waals surface area contributed by atoms with E-state index in [-0.39, 0.29) is 17.5 Å². The summed E-state index contributed by atoms with van der Waals surface area (Å²) in [6.45, 7) is 0. The summed E-state index contributed by atoms with van der Waals surface area (Å²) in [6.07, 6.45) is 0.922. The molecule has 1 saturated heterocycles. The monoisotopic (exact) mass is 242 g/mol. The van der Waals surface area contributed by atoms with Gasteiger partial charge >= 0.3 is 0 Å². The molecule has 0 saturated carbocycles. The van der Waals surface area contributed by atoms with Crippen molar-refractivity contribution in [3.8, 4) is 0 Å². The standard InChI is InChI=1S/C11H12ClFN2O/c12-6-2-1-3-7(13)10(6)11-8(14)4-5-9(16)15-11/h1-3,8,11H,4-5,14H2,(H,15,16). The summed E-state index contributed by atoms with van der Waals surface area (Å²) >= 11 is 5.93. The van der Waals surface area contributed by atoms with Gasteiger partial charge in [0.25, 0.3) is 0 Å². The van der Waals surface area contributed by atoms with Gasteiger partial charge < -0.3 is 11.1 Å². The number of nitrogens with one attached hydrogen (secondary N) is 1. The van der Waals surface area contributed by atoms with Crippen LogP contribution in [0.15, 0.2) is 18.2 Å². The molecule has 5 heteroatoms. The predicted octanol–water partition coefficient (Wildman–Crippen LogP) is 1.76. The molecule has 3 N–H and O–H groups in total. The van der Waals surface area contributed by atoms with E-state index in [9.17, 15) is 9.18 Å². The van der Waals surface area contributed by atoms with Gasteiger partial charge in [0.15, 0.2) is 0 Å². The highest BCUT2D eigenvalue weighted by Crippen LogP contribution is 2.30. The van der Waals surface area contributed by atoms with Gasteiger partial charge in [0.1, 0.15) is 5.82 Å². The first-order valence-corrected chi connectivity index (χ1v) is 5.46. The lowest BCUT2D eigenvalue weighted by Crippen LogP contribution is -2.46. The van der Waals surface area contributed by atoms with Gasteiger partial charge in [-0.05, 0) is 18.6 Å². The molecule has 1 aromatic rings. The van der Waals surface area contributed by atoms with E-state index in [1.165, 1.54) is 12.1 Å². The number of amides is 1. The fourth-order valence-corrected chi connectivity index (χ4v) is 2.19. The number of piperidine rings is 1. The average molecular weight is 243 g/mol. The highest BCUT2D eigenvalue weighted by molar-refractivity contribution is 6.31. The van der Waals surface area contributed by atoms with Crippen LogP contribution in [0.1, 0.15) is 24.4 Å². The van der Waals surface area contributed by atoms with Crippen molar-refractivity contribution in [3.05, 3.63) is 34.6 Å². The van der Waals surface area contributed by atoms with Crippen LogP contribution in [0.25, 0.3) is 0 Å². The molecular formula is C11H12ClFN2O. The molecule has 1 fully saturated rings. The van der Waals surface area contributed by atoms with Crippen LogP contribution in [-0.4, -0.2) is 11.9 Å². The topological polar surface area (TPSA) is 55.1 Å². The van der Waals surface area contributed by atoms with Crippen molar-refractivity contribution in [1.29, 1.82) is 0 Å². The van der Waals surface area contributed by atoms with Gasteiger partial charge in [-0.15, -0.1) is 0 Å². The molecule has 1 amide bonds. The smallest absolute Gasteiger partial charge is 0.220 e. The third kappa shape index (κ3) is 2.03. The van der Waals surface area contributed by atoms with E-state index in [2.05, 4.69) is 5.32 Å². The van der Waals surface area contributed by atoms with E-state index in [1.807, 2.05) is 0 Å². The van der Waals surface area contributed by atoms with Crippen LogP contribution in [0, 0.1) is 5.82 Å². The summed E-state index contributed by atoms with van der Waals surface area (Å²) in [5.41, 5.74) is 6.15. The number of halogens is 2. The number of hydrogen-bond donors (Lipinski definition) is 2. The Balaban J connectivity index is 2.38. The van der Waals surface area contributed by atoms with Gasteiger partial charge in [0.05, 0.1) is 6.04 Å². The Kier molecular flexibility index (Phi) is 3.12. The Morgan fingerprint density at radius 1 is 1.50 bits per heavy atom. The maximum atomic E-state index is 13.6. The highest BCUT2D eigenvalue weighted by Gasteiger charge is 2.30. The summed E-state index contributed by atoms with van der Waals surface area (Å²) < 4.78 is 13.6. The second-order valence-corrected chi connectivity index (χ2v) is 4.29. The number of carbonyl (C=O) groups is 1. The Bertz CT molecular complexity index is 404. The van der Waals surface area contributed by atoms with Gasteiger partial charge in [-0.25, -0.2) is 4.39 Å². The minimum Gasteiger partial charge on any atom is -0.348 e. The molecular weight excluding hydrogens is 231 g/mol. The van der Waals surface area contributed by atoms with Crippen molar-refractivity contribution in [2.24, 2.45) is 5.73 Å². The Morgan fingerprint density at radius 3 is 2.94 bits per heavy atom.